The number of nitriles is 1. The highest BCUT2D eigenvalue weighted by atomic mass is 32.2. The van der Waals surface area contributed by atoms with E-state index < -0.39 is 5.54 Å². The van der Waals surface area contributed by atoms with Gasteiger partial charge in [0.1, 0.15) is 5.54 Å². The fourth-order valence-corrected chi connectivity index (χ4v) is 2.59. The summed E-state index contributed by atoms with van der Waals surface area (Å²) >= 11 is 1.17. The van der Waals surface area contributed by atoms with E-state index >= 15 is 0 Å². The molecule has 1 fully saturated rings. The highest BCUT2D eigenvalue weighted by Crippen LogP contribution is 2.39. The number of pyridine rings is 1. The normalized spacial score (nSPS) is 17.3. The number of carbonyl (C=O) groups excluding carboxylic acids is 1. The van der Waals surface area contributed by atoms with Crippen LogP contribution < -0.4 is 10.0 Å². The van der Waals surface area contributed by atoms with Crippen LogP contribution in [0.25, 0.3) is 0 Å². The molecule has 5 nitrogen and oxygen atoms in total. The second-order valence-corrected chi connectivity index (χ2v) is 5.79. The smallest absolute Gasteiger partial charge is 0.251 e. The number of hydrogen-bond acceptors (Lipinski definition) is 4. The number of carbonyl (C=O) groups is 1. The molecule has 19 heavy (non-hydrogen) atoms. The van der Waals surface area contributed by atoms with Crippen molar-refractivity contribution in [2.75, 3.05) is 5.75 Å². The molecule has 100 valence electrons. The predicted octanol–water partition coefficient (Wildman–Crippen LogP) is 1.22. The van der Waals surface area contributed by atoms with Crippen LogP contribution in [0.2, 0.25) is 0 Å². The van der Waals surface area contributed by atoms with Gasteiger partial charge in [0.2, 0.25) is 5.91 Å². The fraction of sp³-hybridized carbons (Fsp3) is 0.462. The van der Waals surface area contributed by atoms with Gasteiger partial charge in [0.15, 0.2) is 6.20 Å². The number of amides is 1. The van der Waals surface area contributed by atoms with Crippen LogP contribution >= 0.6 is 11.8 Å². The van der Waals surface area contributed by atoms with Gasteiger partial charge in [0.25, 0.3) is 5.03 Å². The van der Waals surface area contributed by atoms with Crippen LogP contribution in [0.1, 0.15) is 19.8 Å². The summed E-state index contributed by atoms with van der Waals surface area (Å²) in [4.78, 5) is 11.8. The monoisotopic (exact) mass is 277 g/mol. The Kier molecular flexibility index (Phi) is 3.96. The minimum atomic E-state index is -0.776. The molecule has 0 saturated heterocycles. The van der Waals surface area contributed by atoms with E-state index in [-0.39, 0.29) is 17.6 Å². The van der Waals surface area contributed by atoms with Crippen molar-refractivity contribution in [2.24, 2.45) is 5.92 Å². The summed E-state index contributed by atoms with van der Waals surface area (Å²) < 4.78 is 0.725. The zero-order valence-corrected chi connectivity index (χ0v) is 11.4. The van der Waals surface area contributed by atoms with E-state index in [1.807, 2.05) is 0 Å². The average Bonchev–Trinajstić information content (AvgIpc) is 3.22. The maximum Gasteiger partial charge on any atom is 0.251 e. The second kappa shape index (κ2) is 5.49. The Hall–Kier alpha value is -1.74. The van der Waals surface area contributed by atoms with Gasteiger partial charge >= 0.3 is 0 Å². The molecule has 1 amide bonds. The lowest BCUT2D eigenvalue weighted by Crippen LogP contribution is -2.47. The minimum absolute atomic E-state index is 0.135. The lowest BCUT2D eigenvalue weighted by Gasteiger charge is -2.22. The van der Waals surface area contributed by atoms with Crippen molar-refractivity contribution in [3.63, 3.8) is 0 Å². The maximum atomic E-state index is 11.8. The molecule has 0 bridgehead atoms. The molecule has 0 aliphatic heterocycles. The van der Waals surface area contributed by atoms with E-state index in [1.54, 1.807) is 25.1 Å². The summed E-state index contributed by atoms with van der Waals surface area (Å²) in [6.45, 7) is 1.75. The Labute approximate surface area is 116 Å². The Morgan fingerprint density at radius 1 is 1.68 bits per heavy atom. The Bertz CT molecular complexity index is 525. The van der Waals surface area contributed by atoms with E-state index in [2.05, 4.69) is 11.4 Å². The van der Waals surface area contributed by atoms with Crippen molar-refractivity contribution in [3.05, 3.63) is 29.6 Å². The third-order valence-corrected chi connectivity index (χ3v) is 4.18. The van der Waals surface area contributed by atoms with Crippen molar-refractivity contribution >= 4 is 17.7 Å². The Morgan fingerprint density at radius 2 is 2.42 bits per heavy atom. The van der Waals surface area contributed by atoms with Gasteiger partial charge in [0, 0.05) is 12.1 Å². The fourth-order valence-electron chi connectivity index (χ4n) is 1.87. The van der Waals surface area contributed by atoms with Crippen LogP contribution in [-0.4, -0.2) is 17.2 Å². The van der Waals surface area contributed by atoms with Crippen LogP contribution in [0.5, 0.6) is 0 Å². The number of aromatic nitrogens is 1. The van der Waals surface area contributed by atoms with Crippen LogP contribution in [0.15, 0.2) is 29.4 Å². The molecule has 1 aliphatic carbocycles. The van der Waals surface area contributed by atoms with Gasteiger partial charge in [-0.3, -0.25) is 4.79 Å². The molecule has 6 heteroatoms. The average molecular weight is 277 g/mol. The Morgan fingerprint density at radius 3 is 3.00 bits per heavy atom. The molecule has 1 atom stereocenters. The zero-order chi connectivity index (χ0) is 13.9. The van der Waals surface area contributed by atoms with E-state index in [0.29, 0.717) is 5.03 Å². The van der Waals surface area contributed by atoms with E-state index in [1.165, 1.54) is 18.0 Å². The van der Waals surface area contributed by atoms with Crippen molar-refractivity contribution < 1.29 is 9.52 Å². The van der Waals surface area contributed by atoms with Gasteiger partial charge in [-0.1, -0.05) is 0 Å². The second-order valence-electron chi connectivity index (χ2n) is 4.79. The number of nitrogens with zero attached hydrogens (tertiary/aromatic N) is 2. The number of rotatable bonds is 5. The first-order valence-corrected chi connectivity index (χ1v) is 7.07. The molecule has 1 saturated carbocycles. The molecule has 1 aromatic rings. The largest absolute Gasteiger partial charge is 0.618 e. The van der Waals surface area contributed by atoms with Gasteiger partial charge in [-0.05, 0) is 43.5 Å². The van der Waals surface area contributed by atoms with Crippen LogP contribution in [0.4, 0.5) is 0 Å². The molecule has 2 rings (SSSR count). The molecule has 0 aromatic carbocycles. The summed E-state index contributed by atoms with van der Waals surface area (Å²) in [5, 5.41) is 23.8. The van der Waals surface area contributed by atoms with Gasteiger partial charge in [-0.15, -0.1) is 0 Å². The molecule has 0 radical (unpaired) electrons. The number of hydrogen-bond donors (Lipinski definition) is 1. The molecular weight excluding hydrogens is 262 g/mol. The summed E-state index contributed by atoms with van der Waals surface area (Å²) in [6.07, 6.45) is 3.36. The lowest BCUT2D eigenvalue weighted by molar-refractivity contribution is -0.645. The quantitative estimate of drug-likeness (QED) is 0.498. The molecule has 0 unspecified atom stereocenters. The molecule has 0 spiro atoms. The summed E-state index contributed by atoms with van der Waals surface area (Å²) in [5.41, 5.74) is -0.776. The molecule has 1 aliphatic rings. The van der Waals surface area contributed by atoms with Crippen molar-refractivity contribution in [1.29, 1.82) is 5.26 Å². The standard InChI is InChI=1S/C13H15N3O2S/c1-13(9-14,10-5-6-10)15-11(17)8-19-12-4-2-3-7-16(12)18/h2-4,7,10H,5-6,8H2,1H3,(H,15,17)/t13-/m0/s1. The van der Waals surface area contributed by atoms with E-state index in [4.69, 9.17) is 5.26 Å². The highest BCUT2D eigenvalue weighted by Gasteiger charge is 2.42. The van der Waals surface area contributed by atoms with Crippen molar-refractivity contribution in [3.8, 4) is 6.07 Å². The van der Waals surface area contributed by atoms with Crippen molar-refractivity contribution in [2.45, 2.75) is 30.3 Å². The number of thioether (sulfide) groups is 1. The van der Waals surface area contributed by atoms with Gasteiger partial charge < -0.3 is 10.5 Å². The zero-order valence-electron chi connectivity index (χ0n) is 10.6. The lowest BCUT2D eigenvalue weighted by atomic mass is 9.98. The van der Waals surface area contributed by atoms with Crippen LogP contribution in [0, 0.1) is 22.5 Å². The van der Waals surface area contributed by atoms with Crippen molar-refractivity contribution in [1.82, 2.24) is 5.32 Å². The van der Waals surface area contributed by atoms with E-state index in [0.717, 1.165) is 17.6 Å². The third kappa shape index (κ3) is 3.38. The summed E-state index contributed by atoms with van der Waals surface area (Å²) in [5.74, 6) is 0.174. The van der Waals surface area contributed by atoms with Gasteiger partial charge in [0.05, 0.1) is 11.8 Å². The minimum Gasteiger partial charge on any atom is -0.618 e. The van der Waals surface area contributed by atoms with Crippen LogP contribution in [-0.2, 0) is 4.79 Å². The Balaban J connectivity index is 1.88. The van der Waals surface area contributed by atoms with E-state index in [9.17, 15) is 10.0 Å². The third-order valence-electron chi connectivity index (χ3n) is 3.16. The van der Waals surface area contributed by atoms with Gasteiger partial charge in [-0.2, -0.15) is 9.99 Å². The topological polar surface area (TPSA) is 79.8 Å². The molecule has 1 aromatic heterocycles. The SMILES string of the molecule is C[C@@](C#N)(NC(=O)CSc1cccc[n+]1[O-])C1CC1. The van der Waals surface area contributed by atoms with Crippen LogP contribution in [0.3, 0.4) is 0 Å². The predicted molar refractivity (Wildman–Crippen MR) is 71.0 cm³/mol. The first kappa shape index (κ1) is 13.7. The molecule has 1 N–H and O–H groups in total. The number of nitrogens with one attached hydrogen (secondary N) is 1. The first-order chi connectivity index (χ1) is 9.05. The maximum absolute atomic E-state index is 11.8. The summed E-state index contributed by atoms with van der Waals surface area (Å²) in [7, 11) is 0. The molecular formula is C13H15N3O2S. The van der Waals surface area contributed by atoms with Gasteiger partial charge in [-0.25, -0.2) is 0 Å². The molecule has 1 heterocycles. The summed E-state index contributed by atoms with van der Waals surface area (Å²) in [6, 6.07) is 7.22. The first-order valence-electron chi connectivity index (χ1n) is 6.08. The highest BCUT2D eigenvalue weighted by molar-refractivity contribution is 7.99.